The molecule has 8 nitrogen and oxygen atoms in total. The van der Waals surface area contributed by atoms with Gasteiger partial charge < -0.3 is 9.26 Å². The van der Waals surface area contributed by atoms with Crippen molar-refractivity contribution in [1.82, 2.24) is 20.0 Å². The van der Waals surface area contributed by atoms with Gasteiger partial charge in [-0.2, -0.15) is 4.98 Å². The van der Waals surface area contributed by atoms with Crippen LogP contribution in [0.5, 0.6) is 5.88 Å². The van der Waals surface area contributed by atoms with Gasteiger partial charge in [0, 0.05) is 36.4 Å². The molecular formula is C25H22N4O4S. The molecular weight excluding hydrogens is 452 g/mol. The van der Waals surface area contributed by atoms with Crippen molar-refractivity contribution in [3.63, 3.8) is 0 Å². The number of carbonyl (C=O) groups is 2. The molecule has 5 rings (SSSR count). The third kappa shape index (κ3) is 4.38. The molecule has 1 aromatic carbocycles. The largest absolute Gasteiger partial charge is 0.472 e. The Bertz CT molecular complexity index is 1300. The maximum atomic E-state index is 12.6. The van der Waals surface area contributed by atoms with Gasteiger partial charge in [-0.15, -0.1) is 0 Å². The standard InChI is InChI=1S/C25H22N4O4S/c1-34-25-26-14-20(22(27-25)32-15-16-7-3-2-4-8-16)21-13-17(33-28-21)11-12-29-23(30)18-9-5-6-10-19(18)24(29)31/h2-5,7-9,13-14H,6,10-12,15H2,1H3. The fourth-order valence-electron chi connectivity index (χ4n) is 3.93. The highest BCUT2D eigenvalue weighted by atomic mass is 32.2. The Balaban J connectivity index is 1.30. The van der Waals surface area contributed by atoms with Gasteiger partial charge in [0.25, 0.3) is 11.8 Å². The van der Waals surface area contributed by atoms with Gasteiger partial charge in [-0.25, -0.2) is 4.98 Å². The fraction of sp³-hybridized carbons (Fsp3) is 0.240. The molecule has 2 aromatic heterocycles. The molecule has 0 atom stereocenters. The lowest BCUT2D eigenvalue weighted by Gasteiger charge is -2.13. The molecule has 172 valence electrons. The van der Waals surface area contributed by atoms with E-state index in [1.807, 2.05) is 42.7 Å². The second-order valence-electron chi connectivity index (χ2n) is 7.87. The van der Waals surface area contributed by atoms with E-state index in [-0.39, 0.29) is 18.4 Å². The molecule has 2 amide bonds. The van der Waals surface area contributed by atoms with Crippen LogP contribution in [0.25, 0.3) is 11.3 Å². The maximum Gasteiger partial charge on any atom is 0.261 e. The molecule has 0 unspecified atom stereocenters. The average molecular weight is 475 g/mol. The first kappa shape index (κ1) is 22.1. The zero-order chi connectivity index (χ0) is 23.5. The lowest BCUT2D eigenvalue weighted by Crippen LogP contribution is -2.33. The van der Waals surface area contributed by atoms with Gasteiger partial charge >= 0.3 is 0 Å². The number of thioether (sulfide) groups is 1. The number of imide groups is 1. The van der Waals surface area contributed by atoms with E-state index in [2.05, 4.69) is 15.1 Å². The number of rotatable bonds is 8. The van der Waals surface area contributed by atoms with Gasteiger partial charge in [0.15, 0.2) is 5.16 Å². The summed E-state index contributed by atoms with van der Waals surface area (Å²) in [6.07, 6.45) is 8.99. The summed E-state index contributed by atoms with van der Waals surface area (Å²) in [4.78, 5) is 35.4. The first-order valence-corrected chi connectivity index (χ1v) is 12.2. The van der Waals surface area contributed by atoms with Gasteiger partial charge in [0.05, 0.1) is 5.56 Å². The van der Waals surface area contributed by atoms with Crippen LogP contribution >= 0.6 is 11.8 Å². The molecule has 0 fully saturated rings. The number of hydrogen-bond donors (Lipinski definition) is 0. The minimum atomic E-state index is -0.242. The van der Waals surface area contributed by atoms with Crippen molar-refractivity contribution in [2.24, 2.45) is 0 Å². The maximum absolute atomic E-state index is 12.6. The summed E-state index contributed by atoms with van der Waals surface area (Å²) in [5.41, 5.74) is 3.28. The molecule has 9 heteroatoms. The predicted octanol–water partition coefficient (Wildman–Crippen LogP) is 3.99. The number of nitrogens with zero attached hydrogens (tertiary/aromatic N) is 4. The van der Waals surface area contributed by atoms with Crippen molar-refractivity contribution < 1.29 is 18.8 Å². The van der Waals surface area contributed by atoms with E-state index in [9.17, 15) is 9.59 Å². The van der Waals surface area contributed by atoms with Crippen LogP contribution in [0.4, 0.5) is 0 Å². The lowest BCUT2D eigenvalue weighted by atomic mass is 10.00. The Labute approximate surface area is 200 Å². The highest BCUT2D eigenvalue weighted by Crippen LogP contribution is 2.31. The van der Waals surface area contributed by atoms with Gasteiger partial charge in [-0.1, -0.05) is 59.4 Å². The highest BCUT2D eigenvalue weighted by molar-refractivity contribution is 7.98. The fourth-order valence-corrected chi connectivity index (χ4v) is 4.26. The van der Waals surface area contributed by atoms with Crippen LogP contribution in [-0.4, -0.2) is 44.6 Å². The van der Waals surface area contributed by atoms with Crippen LogP contribution in [0.2, 0.25) is 0 Å². The second kappa shape index (κ2) is 9.64. The van der Waals surface area contributed by atoms with Crippen LogP contribution in [-0.2, 0) is 22.6 Å². The van der Waals surface area contributed by atoms with Gasteiger partial charge in [-0.05, 0) is 24.7 Å². The number of allylic oxidation sites excluding steroid dienone is 1. The second-order valence-corrected chi connectivity index (χ2v) is 8.65. The third-order valence-electron chi connectivity index (χ3n) is 5.70. The monoisotopic (exact) mass is 474 g/mol. The first-order chi connectivity index (χ1) is 16.6. The first-order valence-electron chi connectivity index (χ1n) is 10.9. The van der Waals surface area contributed by atoms with E-state index in [1.165, 1.54) is 16.7 Å². The van der Waals surface area contributed by atoms with Crippen LogP contribution in [0, 0.1) is 0 Å². The molecule has 0 saturated heterocycles. The number of hydrogen-bond acceptors (Lipinski definition) is 8. The highest BCUT2D eigenvalue weighted by Gasteiger charge is 2.37. The van der Waals surface area contributed by atoms with Crippen molar-refractivity contribution in [3.8, 4) is 17.1 Å². The molecule has 1 aliphatic carbocycles. The molecule has 0 bridgehead atoms. The number of amides is 2. The number of ether oxygens (including phenoxy) is 1. The smallest absolute Gasteiger partial charge is 0.261 e. The van der Waals surface area contributed by atoms with E-state index in [4.69, 9.17) is 9.26 Å². The van der Waals surface area contributed by atoms with Crippen molar-refractivity contribution >= 4 is 23.6 Å². The van der Waals surface area contributed by atoms with Crippen molar-refractivity contribution in [2.75, 3.05) is 12.8 Å². The Morgan fingerprint density at radius 1 is 1.18 bits per heavy atom. The minimum Gasteiger partial charge on any atom is -0.472 e. The Hall–Kier alpha value is -3.72. The molecule has 2 aliphatic rings. The lowest BCUT2D eigenvalue weighted by molar-refractivity contribution is -0.137. The SMILES string of the molecule is CSc1ncc(-c2cc(CCN3C(=O)C4=C(CCC=C4)C3=O)on2)c(OCc2ccccc2)n1. The molecule has 1 aliphatic heterocycles. The Morgan fingerprint density at radius 3 is 2.82 bits per heavy atom. The quantitative estimate of drug-likeness (QED) is 0.275. The summed E-state index contributed by atoms with van der Waals surface area (Å²) in [5.74, 6) is 0.519. The molecule has 0 N–H and O–H groups in total. The summed E-state index contributed by atoms with van der Waals surface area (Å²) in [7, 11) is 0. The van der Waals surface area contributed by atoms with E-state index < -0.39 is 0 Å². The summed E-state index contributed by atoms with van der Waals surface area (Å²) in [5, 5.41) is 4.75. The summed E-state index contributed by atoms with van der Waals surface area (Å²) in [6, 6.07) is 11.6. The van der Waals surface area contributed by atoms with E-state index in [1.54, 1.807) is 18.3 Å². The Morgan fingerprint density at radius 2 is 2.03 bits per heavy atom. The van der Waals surface area contributed by atoms with Crippen LogP contribution < -0.4 is 4.74 Å². The molecule has 0 radical (unpaired) electrons. The van der Waals surface area contributed by atoms with Gasteiger partial charge in [0.2, 0.25) is 5.88 Å². The van der Waals surface area contributed by atoms with Crippen LogP contribution in [0.15, 0.2) is 75.6 Å². The third-order valence-corrected chi connectivity index (χ3v) is 6.26. The average Bonchev–Trinajstić information content (AvgIpc) is 3.45. The number of benzene rings is 1. The molecule has 0 saturated carbocycles. The van der Waals surface area contributed by atoms with Gasteiger partial charge in [-0.3, -0.25) is 14.5 Å². The Kier molecular flexibility index (Phi) is 6.27. The summed E-state index contributed by atoms with van der Waals surface area (Å²) >= 11 is 1.42. The normalized spacial score (nSPS) is 15.3. The zero-order valence-electron chi connectivity index (χ0n) is 18.6. The number of carbonyl (C=O) groups excluding carboxylic acids is 2. The molecule has 3 heterocycles. The van der Waals surface area contributed by atoms with Gasteiger partial charge in [0.1, 0.15) is 18.1 Å². The molecule has 0 spiro atoms. The zero-order valence-corrected chi connectivity index (χ0v) is 19.4. The van der Waals surface area contributed by atoms with E-state index in [0.717, 1.165) is 12.0 Å². The number of aromatic nitrogens is 3. The predicted molar refractivity (Wildman–Crippen MR) is 126 cm³/mol. The van der Waals surface area contributed by atoms with E-state index >= 15 is 0 Å². The summed E-state index contributed by atoms with van der Waals surface area (Å²) in [6.45, 7) is 0.584. The molecule has 34 heavy (non-hydrogen) atoms. The van der Waals surface area contributed by atoms with E-state index in [0.29, 0.717) is 58.6 Å². The minimum absolute atomic E-state index is 0.207. The van der Waals surface area contributed by atoms with Crippen molar-refractivity contribution in [3.05, 3.63) is 77.2 Å². The topological polar surface area (TPSA) is 98.4 Å². The van der Waals surface area contributed by atoms with Crippen LogP contribution in [0.3, 0.4) is 0 Å². The summed E-state index contributed by atoms with van der Waals surface area (Å²) < 4.78 is 11.5. The van der Waals surface area contributed by atoms with Crippen molar-refractivity contribution in [1.29, 1.82) is 0 Å². The van der Waals surface area contributed by atoms with Crippen LogP contribution in [0.1, 0.15) is 24.2 Å². The van der Waals surface area contributed by atoms with Crippen molar-refractivity contribution in [2.45, 2.75) is 31.0 Å². The molecule has 3 aromatic rings.